The molecule has 0 bridgehead atoms. The molecule has 0 saturated heterocycles. The maximum atomic E-state index is 11.6. The maximum absolute atomic E-state index is 11.6. The van der Waals surface area contributed by atoms with Crippen molar-refractivity contribution in [3.05, 3.63) is 46.2 Å². The molecule has 1 aromatic carbocycles. The molecule has 0 radical (unpaired) electrons. The number of carbonyl (C=O) groups excluding carboxylic acids is 1. The number of esters is 1. The molecule has 0 aliphatic rings. The summed E-state index contributed by atoms with van der Waals surface area (Å²) in [6.45, 7) is 0. The number of fused-ring (bicyclic) bond motifs is 1. The number of aromatic nitrogens is 1. The van der Waals surface area contributed by atoms with E-state index < -0.39 is 18.2 Å². The van der Waals surface area contributed by atoms with Gasteiger partial charge >= 0.3 is 5.97 Å². The van der Waals surface area contributed by atoms with Crippen LogP contribution in [0.1, 0.15) is 18.1 Å². The normalized spacial score (nSPS) is 13.9. The first-order valence-corrected chi connectivity index (χ1v) is 6.07. The van der Waals surface area contributed by atoms with E-state index in [-0.39, 0.29) is 11.8 Å². The molecule has 2 atom stereocenters. The summed E-state index contributed by atoms with van der Waals surface area (Å²) in [7, 11) is 1.21. The second kappa shape index (κ2) is 5.85. The van der Waals surface area contributed by atoms with E-state index in [1.165, 1.54) is 19.4 Å². The molecule has 0 saturated carbocycles. The van der Waals surface area contributed by atoms with Crippen LogP contribution in [0.5, 0.6) is 0 Å². The number of H-pyrrole nitrogens is 1. The van der Waals surface area contributed by atoms with Gasteiger partial charge in [-0.2, -0.15) is 0 Å². The minimum Gasteiger partial charge on any atom is -0.469 e. The second-order valence-electron chi connectivity index (χ2n) is 4.44. The number of methoxy groups -OCH3 is 1. The Labute approximate surface area is 114 Å². The van der Waals surface area contributed by atoms with Crippen LogP contribution in [0.25, 0.3) is 10.9 Å². The molecule has 6 nitrogen and oxygen atoms in total. The summed E-state index contributed by atoms with van der Waals surface area (Å²) in [5, 5.41) is 20.3. The van der Waals surface area contributed by atoms with Gasteiger partial charge in [0.25, 0.3) is 0 Å². The van der Waals surface area contributed by atoms with E-state index in [0.29, 0.717) is 16.5 Å². The molecule has 2 unspecified atom stereocenters. The summed E-state index contributed by atoms with van der Waals surface area (Å²) in [6.07, 6.45) is -1.30. The average Bonchev–Trinajstić information content (AvgIpc) is 2.46. The van der Waals surface area contributed by atoms with Crippen LogP contribution in [0.3, 0.4) is 0 Å². The molecule has 1 aromatic heterocycles. The lowest BCUT2D eigenvalue weighted by Gasteiger charge is -2.17. The number of aliphatic hydroxyl groups excluding tert-OH is 2. The molecule has 0 aliphatic heterocycles. The zero-order valence-corrected chi connectivity index (χ0v) is 10.9. The summed E-state index contributed by atoms with van der Waals surface area (Å²) in [6, 6.07) is 6.09. The lowest BCUT2D eigenvalue weighted by Crippen LogP contribution is -2.22. The third-order valence-electron chi connectivity index (χ3n) is 3.09. The molecule has 1 heterocycles. The second-order valence-corrected chi connectivity index (χ2v) is 4.44. The van der Waals surface area contributed by atoms with Crippen molar-refractivity contribution in [2.24, 2.45) is 0 Å². The minimum atomic E-state index is -1.27. The van der Waals surface area contributed by atoms with E-state index >= 15 is 0 Å². The lowest BCUT2D eigenvalue weighted by atomic mass is 10.0. The summed E-state index contributed by atoms with van der Waals surface area (Å²) < 4.78 is 4.44. The SMILES string of the molecule is COC(=O)CC(O)C(O)c1ccc2c(=O)cc[nH]c2c1. The van der Waals surface area contributed by atoms with Crippen LogP contribution in [0.4, 0.5) is 0 Å². The molecule has 2 rings (SSSR count). The minimum absolute atomic E-state index is 0.130. The predicted octanol–water partition coefficient (Wildman–Crippen LogP) is 0.485. The van der Waals surface area contributed by atoms with Crippen LogP contribution in [0.2, 0.25) is 0 Å². The van der Waals surface area contributed by atoms with Gasteiger partial charge in [-0.05, 0) is 17.7 Å². The van der Waals surface area contributed by atoms with Gasteiger partial charge in [0.05, 0.1) is 19.6 Å². The Morgan fingerprint density at radius 2 is 2.10 bits per heavy atom. The van der Waals surface area contributed by atoms with Crippen molar-refractivity contribution in [1.29, 1.82) is 0 Å². The third kappa shape index (κ3) is 2.87. The number of benzene rings is 1. The highest BCUT2D eigenvalue weighted by atomic mass is 16.5. The summed E-state index contributed by atoms with van der Waals surface area (Å²) in [5.41, 5.74) is 0.838. The highest BCUT2D eigenvalue weighted by Crippen LogP contribution is 2.21. The number of pyridine rings is 1. The summed E-state index contributed by atoms with van der Waals surface area (Å²) in [5.74, 6) is -0.606. The number of aliphatic hydroxyl groups is 2. The van der Waals surface area contributed by atoms with Crippen molar-refractivity contribution in [3.8, 4) is 0 Å². The number of aromatic amines is 1. The standard InChI is InChI=1S/C14H15NO5/c1-20-13(18)7-12(17)14(19)8-2-3-9-10(6-8)15-5-4-11(9)16/h2-6,12,14,17,19H,7H2,1H3,(H,15,16). The molecular weight excluding hydrogens is 262 g/mol. The smallest absolute Gasteiger partial charge is 0.308 e. The first-order chi connectivity index (χ1) is 9.52. The van der Waals surface area contributed by atoms with Crippen molar-refractivity contribution in [1.82, 2.24) is 4.98 Å². The fourth-order valence-electron chi connectivity index (χ4n) is 1.96. The zero-order valence-electron chi connectivity index (χ0n) is 10.9. The van der Waals surface area contributed by atoms with Crippen LogP contribution >= 0.6 is 0 Å². The van der Waals surface area contributed by atoms with Crippen LogP contribution in [-0.4, -0.2) is 34.4 Å². The first kappa shape index (κ1) is 14.2. The van der Waals surface area contributed by atoms with Crippen LogP contribution < -0.4 is 5.43 Å². The van der Waals surface area contributed by atoms with E-state index in [2.05, 4.69) is 9.72 Å². The molecule has 0 amide bonds. The number of hydrogen-bond acceptors (Lipinski definition) is 5. The maximum Gasteiger partial charge on any atom is 0.308 e. The molecule has 0 aliphatic carbocycles. The number of hydrogen-bond donors (Lipinski definition) is 3. The number of carbonyl (C=O) groups is 1. The van der Waals surface area contributed by atoms with E-state index in [1.807, 2.05) is 0 Å². The number of nitrogens with one attached hydrogen (secondary N) is 1. The van der Waals surface area contributed by atoms with Gasteiger partial charge in [-0.3, -0.25) is 9.59 Å². The Morgan fingerprint density at radius 3 is 2.80 bits per heavy atom. The van der Waals surface area contributed by atoms with Crippen molar-refractivity contribution in [2.45, 2.75) is 18.6 Å². The highest BCUT2D eigenvalue weighted by Gasteiger charge is 2.22. The van der Waals surface area contributed by atoms with Crippen molar-refractivity contribution in [2.75, 3.05) is 7.11 Å². The Balaban J connectivity index is 2.28. The monoisotopic (exact) mass is 277 g/mol. The largest absolute Gasteiger partial charge is 0.469 e. The van der Waals surface area contributed by atoms with Gasteiger partial charge in [0.2, 0.25) is 0 Å². The quantitative estimate of drug-likeness (QED) is 0.706. The van der Waals surface area contributed by atoms with E-state index in [1.54, 1.807) is 18.2 Å². The molecule has 2 aromatic rings. The lowest BCUT2D eigenvalue weighted by molar-refractivity contribution is -0.144. The van der Waals surface area contributed by atoms with Gasteiger partial charge < -0.3 is 19.9 Å². The van der Waals surface area contributed by atoms with Gasteiger partial charge in [0.1, 0.15) is 6.10 Å². The van der Waals surface area contributed by atoms with Gasteiger partial charge in [0.15, 0.2) is 5.43 Å². The average molecular weight is 277 g/mol. The molecule has 0 fully saturated rings. The van der Waals surface area contributed by atoms with Gasteiger partial charge in [-0.25, -0.2) is 0 Å². The van der Waals surface area contributed by atoms with Crippen LogP contribution in [-0.2, 0) is 9.53 Å². The van der Waals surface area contributed by atoms with Gasteiger partial charge in [0, 0.05) is 23.2 Å². The topological polar surface area (TPSA) is 99.6 Å². The van der Waals surface area contributed by atoms with Crippen LogP contribution in [0, 0.1) is 0 Å². The van der Waals surface area contributed by atoms with Crippen molar-refractivity contribution < 1.29 is 19.7 Å². The molecule has 20 heavy (non-hydrogen) atoms. The number of ether oxygens (including phenoxy) is 1. The van der Waals surface area contributed by atoms with Gasteiger partial charge in [-0.15, -0.1) is 0 Å². The fraction of sp³-hybridized carbons (Fsp3) is 0.286. The van der Waals surface area contributed by atoms with E-state index in [9.17, 15) is 19.8 Å². The number of rotatable bonds is 4. The Kier molecular flexibility index (Phi) is 4.16. The first-order valence-electron chi connectivity index (χ1n) is 6.07. The Morgan fingerprint density at radius 1 is 1.35 bits per heavy atom. The van der Waals surface area contributed by atoms with E-state index in [4.69, 9.17) is 0 Å². The van der Waals surface area contributed by atoms with Crippen LogP contribution in [0.15, 0.2) is 35.3 Å². The highest BCUT2D eigenvalue weighted by molar-refractivity contribution is 5.78. The molecule has 106 valence electrons. The third-order valence-corrected chi connectivity index (χ3v) is 3.09. The summed E-state index contributed by atoms with van der Waals surface area (Å²) >= 11 is 0. The van der Waals surface area contributed by atoms with Gasteiger partial charge in [-0.1, -0.05) is 6.07 Å². The fourth-order valence-corrected chi connectivity index (χ4v) is 1.96. The molecule has 3 N–H and O–H groups in total. The zero-order chi connectivity index (χ0) is 14.7. The predicted molar refractivity (Wildman–Crippen MR) is 72.2 cm³/mol. The Bertz CT molecular complexity index is 679. The van der Waals surface area contributed by atoms with Crippen molar-refractivity contribution >= 4 is 16.9 Å². The molecule has 0 spiro atoms. The summed E-state index contributed by atoms with van der Waals surface area (Å²) in [4.78, 5) is 25.6. The Hall–Kier alpha value is -2.18. The van der Waals surface area contributed by atoms with E-state index in [0.717, 1.165) is 0 Å². The van der Waals surface area contributed by atoms with Crippen molar-refractivity contribution in [3.63, 3.8) is 0 Å². The molecular formula is C14H15NO5. The molecule has 6 heteroatoms.